The first kappa shape index (κ1) is 11.5. The smallest absolute Gasteiger partial charge is 0.160 e. The number of hydrogen-bond acceptors (Lipinski definition) is 2. The van der Waals surface area contributed by atoms with Gasteiger partial charge in [-0.3, -0.25) is 9.59 Å². The third kappa shape index (κ3) is 0.972. The standard InChI is InChI=1S/C18H20O2/c19-13-5-6-14(20)16-12-4-3-11(15(13)16)17-7-1-8-18(12,17)10-2-9-17/h3-6,11-12,15-16H,1-2,7-10H2/t11-,12+,15-,16+,17?,18?. The monoisotopic (exact) mass is 268 g/mol. The highest BCUT2D eigenvalue weighted by molar-refractivity contribution is 6.08. The fourth-order valence-corrected chi connectivity index (χ4v) is 7.09. The molecule has 2 heteroatoms. The zero-order valence-electron chi connectivity index (χ0n) is 11.7. The lowest BCUT2D eigenvalue weighted by Crippen LogP contribution is -2.61. The first-order valence-electron chi connectivity index (χ1n) is 8.14. The van der Waals surface area contributed by atoms with Gasteiger partial charge in [-0.2, -0.15) is 0 Å². The number of allylic oxidation sites excluding steroid dienone is 4. The van der Waals surface area contributed by atoms with Crippen molar-refractivity contribution >= 4 is 11.6 Å². The summed E-state index contributed by atoms with van der Waals surface area (Å²) >= 11 is 0. The van der Waals surface area contributed by atoms with Gasteiger partial charge in [-0.05, 0) is 60.5 Å². The van der Waals surface area contributed by atoms with E-state index >= 15 is 0 Å². The molecule has 0 unspecified atom stereocenters. The van der Waals surface area contributed by atoms with Gasteiger partial charge in [0.15, 0.2) is 11.6 Å². The molecule has 6 aliphatic rings. The molecule has 2 nitrogen and oxygen atoms in total. The summed E-state index contributed by atoms with van der Waals surface area (Å²) in [6, 6.07) is 0. The Balaban J connectivity index is 1.76. The van der Waals surface area contributed by atoms with Crippen molar-refractivity contribution in [1.82, 2.24) is 0 Å². The van der Waals surface area contributed by atoms with E-state index < -0.39 is 0 Å². The van der Waals surface area contributed by atoms with Crippen LogP contribution in [0, 0.1) is 34.5 Å². The molecule has 0 heterocycles. The summed E-state index contributed by atoms with van der Waals surface area (Å²) in [5.41, 5.74) is 0.712. The maximum atomic E-state index is 12.5. The highest BCUT2D eigenvalue weighted by Gasteiger charge is 2.72. The van der Waals surface area contributed by atoms with E-state index in [2.05, 4.69) is 12.2 Å². The molecule has 0 amide bonds. The van der Waals surface area contributed by atoms with Crippen LogP contribution in [0.4, 0.5) is 0 Å². The molecule has 0 N–H and O–H groups in total. The fourth-order valence-electron chi connectivity index (χ4n) is 7.09. The second-order valence-electron chi connectivity index (χ2n) is 7.65. The molecule has 6 aliphatic carbocycles. The van der Waals surface area contributed by atoms with Crippen molar-refractivity contribution in [2.24, 2.45) is 34.5 Å². The SMILES string of the molecule is O=C1C=CC(=O)[C@H]2[C@@H]1[C@H]1C=C[C@@H]2C23CCCC12CCC3. The van der Waals surface area contributed by atoms with Crippen LogP contribution in [0.5, 0.6) is 0 Å². The molecule has 3 fully saturated rings. The Morgan fingerprint density at radius 2 is 1.15 bits per heavy atom. The Labute approximate surface area is 119 Å². The van der Waals surface area contributed by atoms with Crippen LogP contribution >= 0.6 is 0 Å². The first-order chi connectivity index (χ1) is 9.70. The summed E-state index contributed by atoms with van der Waals surface area (Å²) in [4.78, 5) is 24.9. The van der Waals surface area contributed by atoms with Crippen molar-refractivity contribution in [3.63, 3.8) is 0 Å². The van der Waals surface area contributed by atoms with Gasteiger partial charge in [0.05, 0.1) is 0 Å². The molecular weight excluding hydrogens is 248 g/mol. The first-order valence-corrected chi connectivity index (χ1v) is 8.14. The van der Waals surface area contributed by atoms with Gasteiger partial charge >= 0.3 is 0 Å². The largest absolute Gasteiger partial charge is 0.294 e. The zero-order valence-corrected chi connectivity index (χ0v) is 11.7. The molecule has 2 bridgehead atoms. The molecule has 20 heavy (non-hydrogen) atoms. The lowest BCUT2D eigenvalue weighted by Gasteiger charge is -2.62. The van der Waals surface area contributed by atoms with E-state index in [-0.39, 0.29) is 23.4 Å². The Morgan fingerprint density at radius 3 is 1.55 bits per heavy atom. The molecule has 6 rings (SSSR count). The highest BCUT2D eigenvalue weighted by Crippen LogP contribution is 2.77. The van der Waals surface area contributed by atoms with Crippen LogP contribution in [-0.4, -0.2) is 11.6 Å². The van der Waals surface area contributed by atoms with Crippen molar-refractivity contribution in [3.8, 4) is 0 Å². The fraction of sp³-hybridized carbons (Fsp3) is 0.667. The summed E-state index contributed by atoms with van der Waals surface area (Å²) < 4.78 is 0. The molecule has 0 radical (unpaired) electrons. The van der Waals surface area contributed by atoms with E-state index in [1.807, 2.05) is 0 Å². The number of rotatable bonds is 0. The second-order valence-corrected chi connectivity index (χ2v) is 7.65. The van der Waals surface area contributed by atoms with Gasteiger partial charge in [0.2, 0.25) is 0 Å². The predicted octanol–water partition coefficient (Wildman–Crippen LogP) is 3.08. The maximum absolute atomic E-state index is 12.5. The average molecular weight is 268 g/mol. The topological polar surface area (TPSA) is 34.1 Å². The minimum absolute atomic E-state index is 0.0353. The Morgan fingerprint density at radius 1 is 0.750 bits per heavy atom. The number of carbonyl (C=O) groups is 2. The van der Waals surface area contributed by atoms with Gasteiger partial charge in [-0.1, -0.05) is 25.0 Å². The van der Waals surface area contributed by atoms with Gasteiger partial charge in [0, 0.05) is 11.8 Å². The molecule has 0 aliphatic heterocycles. The van der Waals surface area contributed by atoms with Gasteiger partial charge in [0.1, 0.15) is 0 Å². The highest BCUT2D eigenvalue weighted by atomic mass is 16.1. The maximum Gasteiger partial charge on any atom is 0.160 e. The van der Waals surface area contributed by atoms with Crippen LogP contribution in [-0.2, 0) is 9.59 Å². The summed E-state index contributed by atoms with van der Waals surface area (Å²) in [6.45, 7) is 0. The van der Waals surface area contributed by atoms with Crippen molar-refractivity contribution < 1.29 is 9.59 Å². The lowest BCUT2D eigenvalue weighted by atomic mass is 9.40. The average Bonchev–Trinajstić information content (AvgIpc) is 3.01. The number of ketones is 2. The zero-order chi connectivity index (χ0) is 13.5. The van der Waals surface area contributed by atoms with E-state index in [0.717, 1.165) is 0 Å². The van der Waals surface area contributed by atoms with E-state index in [1.165, 1.54) is 38.5 Å². The minimum atomic E-state index is -0.0353. The molecule has 0 aromatic heterocycles. The molecule has 104 valence electrons. The van der Waals surface area contributed by atoms with Gasteiger partial charge in [0.25, 0.3) is 0 Å². The minimum Gasteiger partial charge on any atom is -0.294 e. The summed E-state index contributed by atoms with van der Waals surface area (Å²) in [7, 11) is 0. The van der Waals surface area contributed by atoms with E-state index in [4.69, 9.17) is 0 Å². The van der Waals surface area contributed by atoms with Crippen LogP contribution in [0.2, 0.25) is 0 Å². The normalized spacial score (nSPS) is 55.0. The predicted molar refractivity (Wildman–Crippen MR) is 74.8 cm³/mol. The van der Waals surface area contributed by atoms with Crippen molar-refractivity contribution in [2.45, 2.75) is 38.5 Å². The molecule has 0 saturated heterocycles. The Kier molecular flexibility index (Phi) is 1.92. The molecule has 0 spiro atoms. The van der Waals surface area contributed by atoms with E-state index in [0.29, 0.717) is 22.7 Å². The van der Waals surface area contributed by atoms with Crippen molar-refractivity contribution in [1.29, 1.82) is 0 Å². The van der Waals surface area contributed by atoms with E-state index in [1.54, 1.807) is 12.2 Å². The molecule has 0 aromatic rings. The van der Waals surface area contributed by atoms with Gasteiger partial charge in [-0.25, -0.2) is 0 Å². The Hall–Kier alpha value is -1.18. The third-order valence-electron chi connectivity index (χ3n) is 7.51. The molecule has 4 atom stereocenters. The second kappa shape index (κ2) is 3.35. The summed E-state index contributed by atoms with van der Waals surface area (Å²) in [5, 5.41) is 0. The van der Waals surface area contributed by atoms with Crippen molar-refractivity contribution in [2.75, 3.05) is 0 Å². The Bertz CT molecular complexity index is 524. The molecule has 3 saturated carbocycles. The quantitative estimate of drug-likeness (QED) is 0.633. The van der Waals surface area contributed by atoms with E-state index in [9.17, 15) is 9.59 Å². The third-order valence-corrected chi connectivity index (χ3v) is 7.51. The van der Waals surface area contributed by atoms with Crippen LogP contribution in [0.25, 0.3) is 0 Å². The van der Waals surface area contributed by atoms with Crippen LogP contribution in [0.15, 0.2) is 24.3 Å². The van der Waals surface area contributed by atoms with Gasteiger partial charge < -0.3 is 0 Å². The summed E-state index contributed by atoms with van der Waals surface area (Å²) in [6.07, 6.45) is 15.5. The lowest BCUT2D eigenvalue weighted by molar-refractivity contribution is -0.154. The molecule has 0 aromatic carbocycles. The molecular formula is C18H20O2. The number of carbonyl (C=O) groups excluding carboxylic acids is 2. The van der Waals surface area contributed by atoms with Gasteiger partial charge in [-0.15, -0.1) is 0 Å². The van der Waals surface area contributed by atoms with Crippen LogP contribution in [0.1, 0.15) is 38.5 Å². The summed E-state index contributed by atoms with van der Waals surface area (Å²) in [5.74, 6) is 1.04. The van der Waals surface area contributed by atoms with Crippen LogP contribution in [0.3, 0.4) is 0 Å². The van der Waals surface area contributed by atoms with Crippen LogP contribution < -0.4 is 0 Å². The number of hydrogen-bond donors (Lipinski definition) is 0. The van der Waals surface area contributed by atoms with Crippen molar-refractivity contribution in [3.05, 3.63) is 24.3 Å².